The molecule has 0 aromatic carbocycles. The summed E-state index contributed by atoms with van der Waals surface area (Å²) in [4.78, 5) is 14.3. The molecule has 106 valence electrons. The zero-order valence-corrected chi connectivity index (χ0v) is 13.0. The number of carbonyl (C=O) groups excluding carboxylic acids is 1. The van der Waals surface area contributed by atoms with Crippen LogP contribution in [0.15, 0.2) is 0 Å². The van der Waals surface area contributed by atoms with Gasteiger partial charge in [-0.3, -0.25) is 14.3 Å². The summed E-state index contributed by atoms with van der Waals surface area (Å²) < 4.78 is 11.5. The Balaban J connectivity index is 2.78. The molecule has 1 fully saturated rings. The molecule has 0 aromatic rings. The highest BCUT2D eigenvalue weighted by Gasteiger charge is 2.47. The molecule has 4 nitrogen and oxygen atoms in total. The molecule has 1 aliphatic heterocycles. The molecule has 0 saturated carbocycles. The monoisotopic (exact) mass is 274 g/mol. The van der Waals surface area contributed by atoms with Gasteiger partial charge in [-0.25, -0.2) is 0 Å². The normalized spacial score (nSPS) is 30.2. The van der Waals surface area contributed by atoms with Crippen molar-refractivity contribution in [2.75, 3.05) is 18.1 Å². The Labute approximate surface area is 113 Å². The van der Waals surface area contributed by atoms with E-state index in [1.807, 2.05) is 25.7 Å². The van der Waals surface area contributed by atoms with Crippen LogP contribution in [0.25, 0.3) is 0 Å². The Bertz CT molecular complexity index is 333. The minimum atomic E-state index is -0.815. The van der Waals surface area contributed by atoms with Gasteiger partial charge >= 0.3 is 0 Å². The molecule has 1 heterocycles. The second-order valence-corrected chi connectivity index (χ2v) is 7.32. The molecule has 18 heavy (non-hydrogen) atoms. The Morgan fingerprint density at radius 3 is 2.50 bits per heavy atom. The SMILES string of the molecule is CCS(=O)CCN1C(=O)C(C)(CC)NC1C(C)C. The van der Waals surface area contributed by atoms with Gasteiger partial charge in [-0.05, 0) is 19.3 Å². The first-order valence-corrected chi connectivity index (χ1v) is 8.28. The van der Waals surface area contributed by atoms with E-state index in [4.69, 9.17) is 0 Å². The smallest absolute Gasteiger partial charge is 0.243 e. The maximum atomic E-state index is 12.4. The van der Waals surface area contributed by atoms with Crippen molar-refractivity contribution in [1.82, 2.24) is 10.2 Å². The fourth-order valence-electron chi connectivity index (χ4n) is 2.27. The van der Waals surface area contributed by atoms with Crippen LogP contribution in [-0.4, -0.2) is 44.8 Å². The van der Waals surface area contributed by atoms with Gasteiger partial charge in [0.15, 0.2) is 0 Å². The summed E-state index contributed by atoms with van der Waals surface area (Å²) >= 11 is 0. The average Bonchev–Trinajstić information content (AvgIpc) is 2.60. The molecule has 1 saturated heterocycles. The molecule has 3 atom stereocenters. The first-order chi connectivity index (χ1) is 8.35. The summed E-state index contributed by atoms with van der Waals surface area (Å²) in [6, 6.07) is 0. The molecule has 3 unspecified atom stereocenters. The molecule has 0 aliphatic carbocycles. The summed E-state index contributed by atoms with van der Waals surface area (Å²) in [5.74, 6) is 1.74. The van der Waals surface area contributed by atoms with E-state index in [2.05, 4.69) is 19.2 Å². The van der Waals surface area contributed by atoms with Crippen molar-refractivity contribution in [3.63, 3.8) is 0 Å². The third-order valence-electron chi connectivity index (χ3n) is 3.76. The summed E-state index contributed by atoms with van der Waals surface area (Å²) in [5.41, 5.74) is -0.456. The fourth-order valence-corrected chi connectivity index (χ4v) is 2.96. The van der Waals surface area contributed by atoms with E-state index >= 15 is 0 Å². The molecule has 0 radical (unpaired) electrons. The maximum absolute atomic E-state index is 12.4. The van der Waals surface area contributed by atoms with Crippen molar-refractivity contribution < 1.29 is 9.00 Å². The van der Waals surface area contributed by atoms with Gasteiger partial charge in [0.1, 0.15) is 0 Å². The third kappa shape index (κ3) is 3.12. The van der Waals surface area contributed by atoms with Crippen LogP contribution in [0, 0.1) is 5.92 Å². The Kier molecular flexibility index (Phi) is 5.34. The lowest BCUT2D eigenvalue weighted by Crippen LogP contribution is -2.45. The Morgan fingerprint density at radius 1 is 1.44 bits per heavy atom. The highest BCUT2D eigenvalue weighted by Crippen LogP contribution is 2.26. The highest BCUT2D eigenvalue weighted by atomic mass is 32.2. The quantitative estimate of drug-likeness (QED) is 0.795. The van der Waals surface area contributed by atoms with Crippen LogP contribution in [0.3, 0.4) is 0 Å². The van der Waals surface area contributed by atoms with Crippen LogP contribution < -0.4 is 5.32 Å². The Hall–Kier alpha value is -0.420. The van der Waals surface area contributed by atoms with Gasteiger partial charge in [0, 0.05) is 28.9 Å². The van der Waals surface area contributed by atoms with Crippen molar-refractivity contribution in [3.8, 4) is 0 Å². The predicted molar refractivity (Wildman–Crippen MR) is 75.7 cm³/mol. The molecule has 0 spiro atoms. The van der Waals surface area contributed by atoms with Crippen molar-refractivity contribution in [2.45, 2.75) is 52.7 Å². The minimum absolute atomic E-state index is 0.0660. The van der Waals surface area contributed by atoms with Crippen LogP contribution >= 0.6 is 0 Å². The third-order valence-corrected chi connectivity index (χ3v) is 5.04. The number of nitrogens with one attached hydrogen (secondary N) is 1. The van der Waals surface area contributed by atoms with E-state index < -0.39 is 16.3 Å². The van der Waals surface area contributed by atoms with Crippen LogP contribution in [0.5, 0.6) is 0 Å². The minimum Gasteiger partial charge on any atom is -0.324 e. The zero-order valence-electron chi connectivity index (χ0n) is 12.2. The summed E-state index contributed by atoms with van der Waals surface area (Å²) in [7, 11) is -0.815. The zero-order chi connectivity index (χ0) is 13.9. The fraction of sp³-hybridized carbons (Fsp3) is 0.923. The molecule has 0 aromatic heterocycles. The summed E-state index contributed by atoms with van der Waals surface area (Å²) in [6.07, 6.45) is 0.846. The second-order valence-electron chi connectivity index (χ2n) is 5.45. The van der Waals surface area contributed by atoms with Crippen LogP contribution in [0.4, 0.5) is 0 Å². The number of rotatable bonds is 6. The molecular formula is C13H26N2O2S. The molecule has 0 bridgehead atoms. The van der Waals surface area contributed by atoms with Gasteiger partial charge in [-0.2, -0.15) is 0 Å². The van der Waals surface area contributed by atoms with Gasteiger partial charge < -0.3 is 4.90 Å². The average molecular weight is 274 g/mol. The standard InChI is InChI=1S/C13H26N2O2S/c1-6-13(5)12(16)15(8-9-18(17)7-2)11(14-13)10(3)4/h10-11,14H,6-9H2,1-5H3. The van der Waals surface area contributed by atoms with E-state index in [1.165, 1.54) is 0 Å². The van der Waals surface area contributed by atoms with Crippen LogP contribution in [0.2, 0.25) is 0 Å². The first kappa shape index (κ1) is 15.6. The molecule has 5 heteroatoms. The first-order valence-electron chi connectivity index (χ1n) is 6.79. The lowest BCUT2D eigenvalue weighted by Gasteiger charge is -2.26. The maximum Gasteiger partial charge on any atom is 0.243 e. The van der Waals surface area contributed by atoms with Crippen molar-refractivity contribution >= 4 is 16.7 Å². The van der Waals surface area contributed by atoms with Crippen molar-refractivity contribution in [1.29, 1.82) is 0 Å². The lowest BCUT2D eigenvalue weighted by molar-refractivity contribution is -0.133. The van der Waals surface area contributed by atoms with Crippen molar-refractivity contribution in [2.24, 2.45) is 5.92 Å². The van der Waals surface area contributed by atoms with E-state index in [0.717, 1.165) is 6.42 Å². The van der Waals surface area contributed by atoms with Crippen molar-refractivity contribution in [3.05, 3.63) is 0 Å². The number of carbonyl (C=O) groups is 1. The van der Waals surface area contributed by atoms with Crippen LogP contribution in [-0.2, 0) is 15.6 Å². The van der Waals surface area contributed by atoms with Crippen LogP contribution in [0.1, 0.15) is 41.0 Å². The molecular weight excluding hydrogens is 248 g/mol. The van der Waals surface area contributed by atoms with E-state index in [1.54, 1.807) is 0 Å². The van der Waals surface area contributed by atoms with Gasteiger partial charge in [0.05, 0.1) is 11.7 Å². The summed E-state index contributed by atoms with van der Waals surface area (Å²) in [5, 5.41) is 3.44. The van der Waals surface area contributed by atoms with Gasteiger partial charge in [0.25, 0.3) is 0 Å². The molecule has 1 N–H and O–H groups in total. The number of amides is 1. The van der Waals surface area contributed by atoms with E-state index in [0.29, 0.717) is 24.0 Å². The Morgan fingerprint density at radius 2 is 2.06 bits per heavy atom. The van der Waals surface area contributed by atoms with Gasteiger partial charge in [-0.15, -0.1) is 0 Å². The number of nitrogens with zero attached hydrogens (tertiary/aromatic N) is 1. The topological polar surface area (TPSA) is 49.4 Å². The lowest BCUT2D eigenvalue weighted by atomic mass is 9.99. The highest BCUT2D eigenvalue weighted by molar-refractivity contribution is 7.84. The number of hydrogen-bond donors (Lipinski definition) is 1. The second kappa shape index (κ2) is 6.15. The van der Waals surface area contributed by atoms with Gasteiger partial charge in [0.2, 0.25) is 5.91 Å². The summed E-state index contributed by atoms with van der Waals surface area (Å²) in [6.45, 7) is 10.7. The van der Waals surface area contributed by atoms with E-state index in [-0.39, 0.29) is 12.1 Å². The predicted octanol–water partition coefficient (Wildman–Crippen LogP) is 1.34. The molecule has 1 rings (SSSR count). The molecule has 1 aliphatic rings. The number of hydrogen-bond acceptors (Lipinski definition) is 3. The largest absolute Gasteiger partial charge is 0.324 e. The molecule has 1 amide bonds. The van der Waals surface area contributed by atoms with E-state index in [9.17, 15) is 9.00 Å². The van der Waals surface area contributed by atoms with Gasteiger partial charge in [-0.1, -0.05) is 27.7 Å².